The highest BCUT2D eigenvalue weighted by Crippen LogP contribution is 2.23. The monoisotopic (exact) mass is 496 g/mol. The van der Waals surface area contributed by atoms with Crippen molar-refractivity contribution in [2.45, 2.75) is 19.4 Å². The number of methoxy groups -OCH3 is 1. The molecule has 182 valence electrons. The predicted molar refractivity (Wildman–Crippen MR) is 129 cm³/mol. The molecule has 0 saturated heterocycles. The van der Waals surface area contributed by atoms with Crippen LogP contribution < -0.4 is 16.0 Å². The Bertz CT molecular complexity index is 1230. The van der Waals surface area contributed by atoms with Gasteiger partial charge < -0.3 is 25.8 Å². The topological polar surface area (TPSA) is 147 Å². The molecule has 1 aromatic heterocycles. The number of nitrogens with zero attached hydrogens (tertiary/aromatic N) is 1. The van der Waals surface area contributed by atoms with E-state index in [1.54, 1.807) is 49.4 Å². The molecule has 35 heavy (non-hydrogen) atoms. The van der Waals surface area contributed by atoms with Crippen molar-refractivity contribution in [3.05, 3.63) is 76.3 Å². The Morgan fingerprint density at radius 2 is 1.80 bits per heavy atom. The van der Waals surface area contributed by atoms with Crippen LogP contribution in [0.3, 0.4) is 0 Å². The van der Waals surface area contributed by atoms with Gasteiger partial charge in [0.05, 0.1) is 19.2 Å². The number of phenolic OH excluding ortho intramolecular Hbond substituents is 1. The fourth-order valence-electron chi connectivity index (χ4n) is 3.12. The highest BCUT2D eigenvalue weighted by Gasteiger charge is 2.25. The molecule has 0 fully saturated rings. The predicted octanol–water partition coefficient (Wildman–Crippen LogP) is 2.04. The Hall–Kier alpha value is -4.25. The van der Waals surface area contributed by atoms with Crippen LogP contribution in [0.2, 0.25) is 0 Å². The lowest BCUT2D eigenvalue weighted by Crippen LogP contribution is -2.49. The summed E-state index contributed by atoms with van der Waals surface area (Å²) in [4.78, 5) is 54.0. The second-order valence-corrected chi connectivity index (χ2v) is 8.45. The van der Waals surface area contributed by atoms with Gasteiger partial charge in [-0.05, 0) is 36.8 Å². The Morgan fingerprint density at radius 1 is 1.06 bits per heavy atom. The number of carbonyl (C=O) groups is 4. The van der Waals surface area contributed by atoms with Crippen molar-refractivity contribution in [1.29, 1.82) is 0 Å². The first kappa shape index (κ1) is 25.4. The largest absolute Gasteiger partial charge is 0.508 e. The molecule has 3 amide bonds. The highest BCUT2D eigenvalue weighted by atomic mass is 32.1. The number of thiazole rings is 1. The average molecular weight is 497 g/mol. The first-order chi connectivity index (χ1) is 16.8. The minimum absolute atomic E-state index is 0.0140. The van der Waals surface area contributed by atoms with Crippen LogP contribution in [0.25, 0.3) is 0 Å². The number of carbonyl (C=O) groups excluding carboxylic acids is 4. The second kappa shape index (κ2) is 11.7. The van der Waals surface area contributed by atoms with Crippen molar-refractivity contribution in [2.24, 2.45) is 0 Å². The third-order valence-corrected chi connectivity index (χ3v) is 5.89. The molecule has 2 aromatic carbocycles. The molecule has 4 N–H and O–H groups in total. The van der Waals surface area contributed by atoms with Crippen LogP contribution >= 0.6 is 11.3 Å². The molecule has 0 aliphatic carbocycles. The van der Waals surface area contributed by atoms with E-state index in [-0.39, 0.29) is 34.6 Å². The summed E-state index contributed by atoms with van der Waals surface area (Å²) in [6, 6.07) is 13.6. The molecule has 0 aliphatic heterocycles. The van der Waals surface area contributed by atoms with Crippen LogP contribution in [0.4, 0.5) is 5.13 Å². The number of rotatable bonds is 9. The third kappa shape index (κ3) is 7.11. The maximum atomic E-state index is 12.8. The highest BCUT2D eigenvalue weighted by molar-refractivity contribution is 7.17. The molecule has 3 rings (SSSR count). The fourth-order valence-corrected chi connectivity index (χ4v) is 4.01. The van der Waals surface area contributed by atoms with Crippen LogP contribution in [-0.4, -0.2) is 53.5 Å². The van der Waals surface area contributed by atoms with E-state index in [9.17, 15) is 24.3 Å². The number of aromatic hydroxyl groups is 1. The summed E-state index contributed by atoms with van der Waals surface area (Å²) in [7, 11) is 1.18. The van der Waals surface area contributed by atoms with Gasteiger partial charge in [0, 0.05) is 12.1 Å². The van der Waals surface area contributed by atoms with Gasteiger partial charge in [0.25, 0.3) is 11.8 Å². The van der Waals surface area contributed by atoms with Crippen molar-refractivity contribution >= 4 is 40.2 Å². The zero-order chi connectivity index (χ0) is 25.4. The third-order valence-electron chi connectivity index (χ3n) is 4.82. The molecule has 0 radical (unpaired) electrons. The van der Waals surface area contributed by atoms with E-state index in [0.29, 0.717) is 16.8 Å². The van der Waals surface area contributed by atoms with Crippen molar-refractivity contribution in [3.8, 4) is 5.75 Å². The van der Waals surface area contributed by atoms with Crippen LogP contribution in [0, 0.1) is 6.92 Å². The van der Waals surface area contributed by atoms with Crippen molar-refractivity contribution in [3.63, 3.8) is 0 Å². The van der Waals surface area contributed by atoms with E-state index in [4.69, 9.17) is 4.74 Å². The Balaban J connectivity index is 1.62. The SMILES string of the molecule is COC(=O)C(CNC(=O)c1ccccc1)NC(=O)c1sc(NC(=O)Cc2cccc(O)c2)nc1C. The quantitative estimate of drug-likeness (QED) is 0.332. The lowest BCUT2D eigenvalue weighted by atomic mass is 10.1. The number of aromatic nitrogens is 1. The number of esters is 1. The summed E-state index contributed by atoms with van der Waals surface area (Å²) in [6.07, 6.45) is 0.0140. The number of nitrogens with one attached hydrogen (secondary N) is 3. The molecular weight excluding hydrogens is 472 g/mol. The minimum Gasteiger partial charge on any atom is -0.508 e. The van der Waals surface area contributed by atoms with Crippen molar-refractivity contribution < 1.29 is 29.0 Å². The van der Waals surface area contributed by atoms with Crippen molar-refractivity contribution in [1.82, 2.24) is 15.6 Å². The molecule has 0 saturated carbocycles. The summed E-state index contributed by atoms with van der Waals surface area (Å²) < 4.78 is 4.75. The normalized spacial score (nSPS) is 11.3. The summed E-state index contributed by atoms with van der Waals surface area (Å²) in [6.45, 7) is 1.41. The molecule has 0 bridgehead atoms. The average Bonchev–Trinajstić information content (AvgIpc) is 3.21. The number of amides is 3. The van der Waals surface area contributed by atoms with Crippen LogP contribution in [0.15, 0.2) is 54.6 Å². The van der Waals surface area contributed by atoms with E-state index in [1.807, 2.05) is 0 Å². The number of phenols is 1. The smallest absolute Gasteiger partial charge is 0.330 e. The molecule has 11 heteroatoms. The number of aryl methyl sites for hydroxylation is 1. The number of hydrogen-bond acceptors (Lipinski definition) is 8. The lowest BCUT2D eigenvalue weighted by molar-refractivity contribution is -0.142. The summed E-state index contributed by atoms with van der Waals surface area (Å²) >= 11 is 0.948. The van der Waals surface area contributed by atoms with E-state index in [0.717, 1.165) is 11.3 Å². The van der Waals surface area contributed by atoms with Gasteiger partial charge in [-0.1, -0.05) is 41.7 Å². The van der Waals surface area contributed by atoms with E-state index >= 15 is 0 Å². The molecule has 0 aliphatic rings. The zero-order valence-corrected chi connectivity index (χ0v) is 19.8. The van der Waals surface area contributed by atoms with Crippen LogP contribution in [0.1, 0.15) is 31.3 Å². The molecular formula is C24H24N4O6S. The summed E-state index contributed by atoms with van der Waals surface area (Å²) in [5.41, 5.74) is 1.39. The molecule has 1 heterocycles. The minimum atomic E-state index is -1.13. The van der Waals surface area contributed by atoms with Gasteiger partial charge in [-0.25, -0.2) is 9.78 Å². The Kier molecular flexibility index (Phi) is 8.52. The van der Waals surface area contributed by atoms with Gasteiger partial charge >= 0.3 is 5.97 Å². The molecule has 1 atom stereocenters. The molecule has 10 nitrogen and oxygen atoms in total. The number of benzene rings is 2. The van der Waals surface area contributed by atoms with Gasteiger partial charge in [-0.2, -0.15) is 0 Å². The van der Waals surface area contributed by atoms with E-state index in [2.05, 4.69) is 20.9 Å². The van der Waals surface area contributed by atoms with Crippen molar-refractivity contribution in [2.75, 3.05) is 19.0 Å². The first-order valence-corrected chi connectivity index (χ1v) is 11.4. The van der Waals surface area contributed by atoms with Crippen LogP contribution in [-0.2, 0) is 20.7 Å². The zero-order valence-electron chi connectivity index (χ0n) is 19.0. The molecule has 0 spiro atoms. The fraction of sp³-hybridized carbons (Fsp3) is 0.208. The molecule has 3 aromatic rings. The van der Waals surface area contributed by atoms with Gasteiger partial charge in [-0.15, -0.1) is 0 Å². The van der Waals surface area contributed by atoms with Gasteiger partial charge in [0.2, 0.25) is 5.91 Å². The van der Waals surface area contributed by atoms with Gasteiger partial charge in [0.1, 0.15) is 16.7 Å². The summed E-state index contributed by atoms with van der Waals surface area (Å²) in [5, 5.41) is 17.5. The van der Waals surface area contributed by atoms with Gasteiger partial charge in [0.15, 0.2) is 5.13 Å². The van der Waals surface area contributed by atoms with E-state index < -0.39 is 23.8 Å². The second-order valence-electron chi connectivity index (χ2n) is 7.45. The van der Waals surface area contributed by atoms with Gasteiger partial charge in [-0.3, -0.25) is 14.4 Å². The Labute approximate surface area is 205 Å². The summed E-state index contributed by atoms with van der Waals surface area (Å²) in [5.74, 6) is -2.04. The maximum Gasteiger partial charge on any atom is 0.330 e. The van der Waals surface area contributed by atoms with Crippen LogP contribution in [0.5, 0.6) is 5.75 Å². The lowest BCUT2D eigenvalue weighted by Gasteiger charge is -2.17. The Morgan fingerprint density at radius 3 is 2.49 bits per heavy atom. The number of anilines is 1. The van der Waals surface area contributed by atoms with E-state index in [1.165, 1.54) is 19.2 Å². The maximum absolute atomic E-state index is 12.8. The first-order valence-electron chi connectivity index (χ1n) is 10.5. The number of ether oxygens (including phenoxy) is 1. The number of hydrogen-bond donors (Lipinski definition) is 4. The standard InChI is InChI=1S/C24H24N4O6S/c1-14-20(35-24(26-14)28-19(30)12-15-7-6-10-17(29)11-15)22(32)27-18(23(33)34-2)13-25-21(31)16-8-4-3-5-9-16/h3-11,18,29H,12-13H2,1-2H3,(H,25,31)(H,27,32)(H,26,28,30). The molecule has 1 unspecified atom stereocenters.